The summed E-state index contributed by atoms with van der Waals surface area (Å²) >= 11 is 1.75. The summed E-state index contributed by atoms with van der Waals surface area (Å²) in [5.74, 6) is 1.68. The van der Waals surface area contributed by atoms with Crippen molar-refractivity contribution in [1.82, 2.24) is 30.0 Å². The van der Waals surface area contributed by atoms with E-state index in [2.05, 4.69) is 26.1 Å². The van der Waals surface area contributed by atoms with Gasteiger partial charge in [0, 0.05) is 74.5 Å². The fourth-order valence-electron chi connectivity index (χ4n) is 6.12. The lowest BCUT2D eigenvalue weighted by molar-refractivity contribution is -0.134. The number of aromatic nitrogens is 4. The highest BCUT2D eigenvalue weighted by atomic mass is 32.1. The van der Waals surface area contributed by atoms with Gasteiger partial charge in [-0.2, -0.15) is 5.10 Å². The van der Waals surface area contributed by atoms with Gasteiger partial charge in [0.1, 0.15) is 0 Å². The topological polar surface area (TPSA) is 108 Å². The number of allylic oxidation sites excluding steroid dienone is 1. The molecule has 0 bridgehead atoms. The molecule has 0 atom stereocenters. The van der Waals surface area contributed by atoms with Crippen LogP contribution in [0.15, 0.2) is 60.8 Å². The molecule has 2 fully saturated rings. The number of aromatic amines is 1. The molecule has 10 nitrogen and oxygen atoms in total. The number of aryl methyl sites for hydroxylation is 1. The fourth-order valence-corrected chi connectivity index (χ4v) is 7.27. The van der Waals surface area contributed by atoms with Crippen LogP contribution < -0.4 is 4.90 Å². The Kier molecular flexibility index (Phi) is 8.87. The number of benzene rings is 2. The lowest BCUT2D eigenvalue weighted by Crippen LogP contribution is -2.48. The molecule has 0 spiro atoms. The third kappa shape index (κ3) is 6.57. The van der Waals surface area contributed by atoms with E-state index in [4.69, 9.17) is 14.7 Å². The van der Waals surface area contributed by atoms with Crippen molar-refractivity contribution in [3.05, 3.63) is 76.8 Å². The van der Waals surface area contributed by atoms with Crippen LogP contribution in [0.4, 0.5) is 5.82 Å². The minimum absolute atomic E-state index is 0.0239. The molecule has 1 N–H and O–H groups in total. The van der Waals surface area contributed by atoms with Gasteiger partial charge in [-0.25, -0.2) is 9.97 Å². The molecule has 0 saturated carbocycles. The molecule has 5 heterocycles. The number of nitrogens with one attached hydrogen (secondary N) is 1. The molecule has 46 heavy (non-hydrogen) atoms. The first-order chi connectivity index (χ1) is 22.5. The molecule has 236 valence electrons. The highest BCUT2D eigenvalue weighted by Crippen LogP contribution is 2.36. The Balaban J connectivity index is 1.00. The van der Waals surface area contributed by atoms with E-state index in [1.165, 1.54) is 4.88 Å². The summed E-state index contributed by atoms with van der Waals surface area (Å²) in [6, 6.07) is 16.2. The van der Waals surface area contributed by atoms with E-state index < -0.39 is 0 Å². The molecule has 2 saturated heterocycles. The average molecular weight is 636 g/mol. The second-order valence-electron chi connectivity index (χ2n) is 11.8. The number of H-pyrrole nitrogens is 1. The van der Waals surface area contributed by atoms with Gasteiger partial charge in [-0.15, -0.1) is 11.3 Å². The molecule has 3 aromatic heterocycles. The number of thiophene rings is 1. The van der Waals surface area contributed by atoms with Gasteiger partial charge in [0.05, 0.1) is 35.1 Å². The van der Waals surface area contributed by atoms with Gasteiger partial charge in [-0.3, -0.25) is 19.6 Å². The van der Waals surface area contributed by atoms with Gasteiger partial charge in [-0.05, 0) is 36.3 Å². The summed E-state index contributed by atoms with van der Waals surface area (Å²) in [6.45, 7) is 8.65. The van der Waals surface area contributed by atoms with Crippen molar-refractivity contribution in [2.45, 2.75) is 26.3 Å². The van der Waals surface area contributed by atoms with Crippen LogP contribution in [0.2, 0.25) is 0 Å². The van der Waals surface area contributed by atoms with Crippen LogP contribution in [0, 0.1) is 6.92 Å². The number of carbonyl (C=O) groups is 2. The second kappa shape index (κ2) is 13.5. The molecule has 5 aromatic rings. The summed E-state index contributed by atoms with van der Waals surface area (Å²) in [5, 5.41) is 8.28. The van der Waals surface area contributed by atoms with Gasteiger partial charge in [-0.1, -0.05) is 42.5 Å². The van der Waals surface area contributed by atoms with Crippen molar-refractivity contribution in [3.8, 4) is 11.4 Å². The maximum Gasteiger partial charge on any atom is 0.223 e. The predicted octanol–water partition coefficient (Wildman–Crippen LogP) is 5.09. The van der Waals surface area contributed by atoms with E-state index in [0.29, 0.717) is 32.1 Å². The number of hydrogen-bond donors (Lipinski definition) is 1. The van der Waals surface area contributed by atoms with Crippen molar-refractivity contribution in [2.24, 2.45) is 0 Å². The van der Waals surface area contributed by atoms with Crippen LogP contribution in [-0.4, -0.2) is 94.1 Å². The predicted molar refractivity (Wildman–Crippen MR) is 182 cm³/mol. The van der Waals surface area contributed by atoms with Gasteiger partial charge >= 0.3 is 0 Å². The third-order valence-electron chi connectivity index (χ3n) is 8.77. The lowest BCUT2D eigenvalue weighted by Gasteiger charge is -2.34. The summed E-state index contributed by atoms with van der Waals surface area (Å²) in [4.78, 5) is 43.3. The van der Waals surface area contributed by atoms with Crippen LogP contribution in [0.25, 0.3) is 38.6 Å². The quantitative estimate of drug-likeness (QED) is 0.224. The van der Waals surface area contributed by atoms with Crippen LogP contribution in [0.3, 0.4) is 0 Å². The minimum Gasteiger partial charge on any atom is -0.378 e. The molecule has 11 heteroatoms. The molecule has 2 aliphatic heterocycles. The third-order valence-corrected chi connectivity index (χ3v) is 9.87. The lowest BCUT2D eigenvalue weighted by atomic mass is 10.1. The van der Waals surface area contributed by atoms with Crippen LogP contribution in [0.5, 0.6) is 0 Å². The van der Waals surface area contributed by atoms with Gasteiger partial charge in [0.15, 0.2) is 17.4 Å². The Labute approximate surface area is 271 Å². The number of ether oxygens (including phenoxy) is 1. The van der Waals surface area contributed by atoms with Gasteiger partial charge in [0.2, 0.25) is 5.91 Å². The smallest absolute Gasteiger partial charge is 0.223 e. The number of fused-ring (bicyclic) bond motifs is 2. The molecule has 0 radical (unpaired) electrons. The number of hydrogen-bond acceptors (Lipinski definition) is 9. The second-order valence-corrected chi connectivity index (χ2v) is 13.0. The summed E-state index contributed by atoms with van der Waals surface area (Å²) < 4.78 is 6.73. The molecular weight excluding hydrogens is 598 g/mol. The van der Waals surface area contributed by atoms with Crippen molar-refractivity contribution in [1.29, 1.82) is 0 Å². The number of ketones is 1. The van der Waals surface area contributed by atoms with E-state index in [1.807, 2.05) is 66.6 Å². The normalized spacial score (nSPS) is 16.2. The number of piperazine rings is 1. The first-order valence-electron chi connectivity index (χ1n) is 15.8. The maximum absolute atomic E-state index is 12.9. The van der Waals surface area contributed by atoms with Crippen molar-refractivity contribution in [3.63, 3.8) is 0 Å². The highest BCUT2D eigenvalue weighted by molar-refractivity contribution is 7.19. The molecule has 0 unspecified atom stereocenters. The largest absolute Gasteiger partial charge is 0.378 e. The van der Waals surface area contributed by atoms with Crippen molar-refractivity contribution < 1.29 is 14.3 Å². The Morgan fingerprint density at radius 3 is 2.63 bits per heavy atom. The fraction of sp³-hybridized carbons (Fsp3) is 0.343. The number of anilines is 1. The highest BCUT2D eigenvalue weighted by Gasteiger charge is 2.24. The summed E-state index contributed by atoms with van der Waals surface area (Å²) in [5.41, 5.74) is 5.00. The van der Waals surface area contributed by atoms with Crippen molar-refractivity contribution in [2.75, 3.05) is 57.4 Å². The van der Waals surface area contributed by atoms with Crippen LogP contribution in [0.1, 0.15) is 28.8 Å². The van der Waals surface area contributed by atoms with Gasteiger partial charge in [0.25, 0.3) is 0 Å². The van der Waals surface area contributed by atoms with Crippen molar-refractivity contribution >= 4 is 56.0 Å². The molecule has 7 rings (SSSR count). The summed E-state index contributed by atoms with van der Waals surface area (Å²) in [7, 11) is 0. The standard InChI is InChI=1S/C35H37N7O3S/c1-24-5-2-3-6-25(24)9-10-26(43)11-12-32(44)41-15-13-40(14-16-41)23-27-21-31-33(46-27)35(42-17-19-45-20-18-42)38-34(37-31)28-7-4-8-30-29(28)22-36-39-30/h2-10,21-22H,11-20,23H2,1H3,(H,36,39)/b10-9+. The van der Waals surface area contributed by atoms with Crippen LogP contribution >= 0.6 is 11.3 Å². The average Bonchev–Trinajstić information content (AvgIpc) is 3.74. The van der Waals surface area contributed by atoms with E-state index >= 15 is 0 Å². The zero-order chi connectivity index (χ0) is 31.5. The Bertz CT molecular complexity index is 1900. The monoisotopic (exact) mass is 635 g/mol. The molecule has 2 aromatic carbocycles. The van der Waals surface area contributed by atoms with Gasteiger partial charge < -0.3 is 14.5 Å². The van der Waals surface area contributed by atoms with E-state index in [0.717, 1.165) is 76.4 Å². The number of morpholine rings is 1. The SMILES string of the molecule is Cc1ccccc1/C=C/C(=O)CCC(=O)N1CCN(Cc2cc3nc(-c4cccc5[nH]ncc45)nc(N4CCOCC4)c3s2)CC1. The number of nitrogens with zero attached hydrogens (tertiary/aromatic N) is 6. The van der Waals surface area contributed by atoms with E-state index in [9.17, 15) is 9.59 Å². The Morgan fingerprint density at radius 2 is 1.80 bits per heavy atom. The number of amides is 1. The Morgan fingerprint density at radius 1 is 0.978 bits per heavy atom. The number of carbonyl (C=O) groups excluding carboxylic acids is 2. The molecule has 2 aliphatic rings. The van der Waals surface area contributed by atoms with Crippen LogP contribution in [-0.2, 0) is 20.9 Å². The molecular formula is C35H37N7O3S. The zero-order valence-electron chi connectivity index (χ0n) is 25.9. The molecule has 0 aliphatic carbocycles. The minimum atomic E-state index is -0.0239. The van der Waals surface area contributed by atoms with E-state index in [-0.39, 0.29) is 24.5 Å². The molecule has 1 amide bonds. The number of rotatable bonds is 9. The zero-order valence-corrected chi connectivity index (χ0v) is 26.8. The maximum atomic E-state index is 12.9. The first-order valence-corrected chi connectivity index (χ1v) is 16.7. The van der Waals surface area contributed by atoms with E-state index in [1.54, 1.807) is 17.4 Å². The Hall–Kier alpha value is -4.45. The first kappa shape index (κ1) is 30.2. The summed E-state index contributed by atoms with van der Waals surface area (Å²) in [6.07, 6.45) is 5.73.